The van der Waals surface area contributed by atoms with Gasteiger partial charge in [0.05, 0.1) is 28.3 Å². The fourth-order valence-electron chi connectivity index (χ4n) is 1.60. The second-order valence-electron chi connectivity index (χ2n) is 4.17. The lowest BCUT2D eigenvalue weighted by atomic mass is 10.2. The number of aryl methyl sites for hydroxylation is 1. The molecular weight excluding hydrogens is 314 g/mol. The van der Waals surface area contributed by atoms with Crippen LogP contribution in [0.5, 0.6) is 0 Å². The Morgan fingerprint density at radius 1 is 1.43 bits per heavy atom. The van der Waals surface area contributed by atoms with Crippen LogP contribution in [0.25, 0.3) is 0 Å². The summed E-state index contributed by atoms with van der Waals surface area (Å²) in [7, 11) is 0. The lowest BCUT2D eigenvalue weighted by Crippen LogP contribution is -2.28. The zero-order valence-electron chi connectivity index (χ0n) is 11.0. The van der Waals surface area contributed by atoms with E-state index in [1.807, 2.05) is 6.92 Å². The molecule has 8 heteroatoms. The number of nitrogens with one attached hydrogen (secondary N) is 2. The van der Waals surface area contributed by atoms with Crippen LogP contribution in [0.15, 0.2) is 23.7 Å². The maximum absolute atomic E-state index is 11.8. The second kappa shape index (κ2) is 6.55. The number of carbonyl (C=O) groups excluding carboxylic acids is 1. The Kier molecular flexibility index (Phi) is 4.77. The molecule has 110 valence electrons. The minimum Gasteiger partial charge on any atom is -0.478 e. The summed E-state index contributed by atoms with van der Waals surface area (Å²) < 4.78 is 0. The van der Waals surface area contributed by atoms with Crippen molar-refractivity contribution in [2.75, 3.05) is 5.32 Å². The number of aromatic nitrogens is 1. The predicted molar refractivity (Wildman–Crippen MR) is 81.1 cm³/mol. The summed E-state index contributed by atoms with van der Waals surface area (Å²) >= 11 is 7.22. The van der Waals surface area contributed by atoms with E-state index in [4.69, 9.17) is 16.7 Å². The number of urea groups is 1. The van der Waals surface area contributed by atoms with Crippen LogP contribution in [0.4, 0.5) is 10.5 Å². The molecule has 1 aromatic carbocycles. The van der Waals surface area contributed by atoms with Gasteiger partial charge in [-0.05, 0) is 25.1 Å². The van der Waals surface area contributed by atoms with E-state index in [2.05, 4.69) is 15.6 Å². The number of anilines is 1. The van der Waals surface area contributed by atoms with Gasteiger partial charge in [0.25, 0.3) is 0 Å². The van der Waals surface area contributed by atoms with E-state index < -0.39 is 12.0 Å². The van der Waals surface area contributed by atoms with Gasteiger partial charge < -0.3 is 15.7 Å². The Balaban J connectivity index is 1.98. The van der Waals surface area contributed by atoms with Crippen molar-refractivity contribution in [1.29, 1.82) is 0 Å². The molecule has 0 fully saturated rings. The van der Waals surface area contributed by atoms with Crippen LogP contribution >= 0.6 is 22.9 Å². The maximum atomic E-state index is 11.8. The van der Waals surface area contributed by atoms with Crippen molar-refractivity contribution < 1.29 is 14.7 Å². The molecule has 0 spiro atoms. The summed E-state index contributed by atoms with van der Waals surface area (Å²) in [6.45, 7) is 2.23. The highest BCUT2D eigenvalue weighted by atomic mass is 35.5. The Labute approximate surface area is 129 Å². The largest absolute Gasteiger partial charge is 0.478 e. The Bertz CT molecular complexity index is 687. The highest BCUT2D eigenvalue weighted by molar-refractivity contribution is 7.09. The molecule has 2 rings (SSSR count). The van der Waals surface area contributed by atoms with E-state index in [0.717, 1.165) is 10.6 Å². The number of nitrogens with zero attached hydrogens (tertiary/aromatic N) is 1. The second-order valence-corrected chi connectivity index (χ2v) is 5.51. The fraction of sp³-hybridized carbons (Fsp3) is 0.154. The number of rotatable bonds is 4. The van der Waals surface area contributed by atoms with Gasteiger partial charge in [-0.2, -0.15) is 0 Å². The molecule has 0 aliphatic rings. The number of benzene rings is 1. The smallest absolute Gasteiger partial charge is 0.337 e. The normalized spacial score (nSPS) is 10.2. The van der Waals surface area contributed by atoms with Gasteiger partial charge in [-0.1, -0.05) is 11.6 Å². The zero-order chi connectivity index (χ0) is 15.4. The molecule has 0 aliphatic heterocycles. The van der Waals surface area contributed by atoms with Crippen molar-refractivity contribution in [3.05, 3.63) is 44.9 Å². The maximum Gasteiger partial charge on any atom is 0.337 e. The van der Waals surface area contributed by atoms with Gasteiger partial charge in [0.15, 0.2) is 0 Å². The summed E-state index contributed by atoms with van der Waals surface area (Å²) in [5.74, 6) is -1.15. The van der Waals surface area contributed by atoms with Crippen molar-refractivity contribution in [3.8, 4) is 0 Å². The number of halogens is 1. The first-order valence-electron chi connectivity index (χ1n) is 5.94. The van der Waals surface area contributed by atoms with Crippen molar-refractivity contribution in [2.45, 2.75) is 13.5 Å². The number of thiazole rings is 1. The van der Waals surface area contributed by atoms with E-state index in [1.54, 1.807) is 5.51 Å². The summed E-state index contributed by atoms with van der Waals surface area (Å²) in [4.78, 5) is 27.8. The third-order valence-electron chi connectivity index (χ3n) is 2.71. The molecule has 0 saturated heterocycles. The third kappa shape index (κ3) is 3.93. The molecule has 0 atom stereocenters. The van der Waals surface area contributed by atoms with E-state index in [-0.39, 0.29) is 10.6 Å². The molecule has 21 heavy (non-hydrogen) atoms. The first kappa shape index (κ1) is 15.3. The van der Waals surface area contributed by atoms with E-state index >= 15 is 0 Å². The molecule has 2 amide bonds. The quantitative estimate of drug-likeness (QED) is 0.805. The molecule has 2 aromatic rings. The average Bonchev–Trinajstić information content (AvgIpc) is 2.84. The zero-order valence-corrected chi connectivity index (χ0v) is 12.6. The lowest BCUT2D eigenvalue weighted by molar-refractivity contribution is 0.0697. The standard InChI is InChI=1S/C13H12ClN3O3S/c1-7-11(21-6-16-7)5-15-13(20)17-8-2-3-10(14)9(4-8)12(18)19/h2-4,6H,5H2,1H3,(H,18,19)(H2,15,17,20). The predicted octanol–water partition coefficient (Wildman–Crippen LogP) is 3.12. The van der Waals surface area contributed by atoms with E-state index in [1.165, 1.54) is 29.5 Å². The molecule has 0 bridgehead atoms. The number of carboxylic acid groups (broad SMARTS) is 1. The summed E-state index contributed by atoms with van der Waals surface area (Å²) in [5, 5.41) is 14.3. The highest BCUT2D eigenvalue weighted by Crippen LogP contribution is 2.20. The summed E-state index contributed by atoms with van der Waals surface area (Å²) in [6.07, 6.45) is 0. The minimum absolute atomic E-state index is 0.0623. The van der Waals surface area contributed by atoms with Crippen LogP contribution in [0.2, 0.25) is 5.02 Å². The van der Waals surface area contributed by atoms with Crippen molar-refractivity contribution in [1.82, 2.24) is 10.3 Å². The van der Waals surface area contributed by atoms with Gasteiger partial charge in [-0.3, -0.25) is 0 Å². The molecule has 1 heterocycles. The van der Waals surface area contributed by atoms with E-state index in [9.17, 15) is 9.59 Å². The molecule has 1 aromatic heterocycles. The van der Waals surface area contributed by atoms with Crippen LogP contribution in [0, 0.1) is 6.92 Å². The molecule has 6 nitrogen and oxygen atoms in total. The fourth-order valence-corrected chi connectivity index (χ4v) is 2.51. The van der Waals surface area contributed by atoms with Crippen LogP contribution in [-0.2, 0) is 6.54 Å². The molecule has 3 N–H and O–H groups in total. The molecule has 0 unspecified atom stereocenters. The van der Waals surface area contributed by atoms with Gasteiger partial charge in [0.2, 0.25) is 0 Å². The lowest BCUT2D eigenvalue weighted by Gasteiger charge is -2.08. The van der Waals surface area contributed by atoms with Crippen LogP contribution in [0.1, 0.15) is 20.9 Å². The highest BCUT2D eigenvalue weighted by Gasteiger charge is 2.11. The van der Waals surface area contributed by atoms with Crippen molar-refractivity contribution in [2.24, 2.45) is 0 Å². The Morgan fingerprint density at radius 3 is 2.81 bits per heavy atom. The molecule has 0 saturated carbocycles. The third-order valence-corrected chi connectivity index (χ3v) is 3.97. The van der Waals surface area contributed by atoms with Gasteiger partial charge in [-0.15, -0.1) is 11.3 Å². The van der Waals surface area contributed by atoms with Crippen molar-refractivity contribution in [3.63, 3.8) is 0 Å². The topological polar surface area (TPSA) is 91.3 Å². The average molecular weight is 326 g/mol. The Hall–Kier alpha value is -2.12. The summed E-state index contributed by atoms with van der Waals surface area (Å²) in [5.41, 5.74) is 2.88. The molecule has 0 radical (unpaired) electrons. The number of carbonyl (C=O) groups is 2. The van der Waals surface area contributed by atoms with Gasteiger partial charge >= 0.3 is 12.0 Å². The van der Waals surface area contributed by atoms with Crippen LogP contribution < -0.4 is 10.6 Å². The van der Waals surface area contributed by atoms with Crippen LogP contribution in [0.3, 0.4) is 0 Å². The number of aromatic carboxylic acids is 1. The Morgan fingerprint density at radius 2 is 2.19 bits per heavy atom. The van der Waals surface area contributed by atoms with Gasteiger partial charge in [0.1, 0.15) is 0 Å². The summed E-state index contributed by atoms with van der Waals surface area (Å²) in [6, 6.07) is 3.84. The first-order valence-corrected chi connectivity index (χ1v) is 7.20. The SMILES string of the molecule is Cc1ncsc1CNC(=O)Nc1ccc(Cl)c(C(=O)O)c1. The van der Waals surface area contributed by atoms with E-state index in [0.29, 0.717) is 12.2 Å². The molecular formula is C13H12ClN3O3S. The number of hydrogen-bond acceptors (Lipinski definition) is 4. The first-order chi connectivity index (χ1) is 9.97. The number of carboxylic acids is 1. The van der Waals surface area contributed by atoms with Crippen LogP contribution in [-0.4, -0.2) is 22.1 Å². The number of hydrogen-bond donors (Lipinski definition) is 3. The minimum atomic E-state index is -1.15. The van der Waals surface area contributed by atoms with Gasteiger partial charge in [0, 0.05) is 10.6 Å². The van der Waals surface area contributed by atoms with Crippen molar-refractivity contribution >= 4 is 40.6 Å². The number of amides is 2. The molecule has 0 aliphatic carbocycles. The monoisotopic (exact) mass is 325 g/mol. The van der Waals surface area contributed by atoms with Gasteiger partial charge in [-0.25, -0.2) is 14.6 Å².